The number of β-amino-alcohol motifs (C(OH)–C–C–N with tert-alkyl or cyclic N) is 1. The zero-order valence-electron chi connectivity index (χ0n) is 39.5. The lowest BCUT2D eigenvalue weighted by Crippen LogP contribution is -2.63. The van der Waals surface area contributed by atoms with Gasteiger partial charge in [0.25, 0.3) is 11.8 Å². The number of pyridine rings is 1. The van der Waals surface area contributed by atoms with Crippen molar-refractivity contribution in [2.75, 3.05) is 40.4 Å². The Bertz CT molecular complexity index is 2620. The second-order valence-electron chi connectivity index (χ2n) is 19.2. The number of ether oxygens (including phenoxy) is 2. The molecule has 6 bridgehead atoms. The van der Waals surface area contributed by atoms with Gasteiger partial charge in [-0.2, -0.15) is 5.26 Å². The zero-order valence-corrected chi connectivity index (χ0v) is 39.5. The number of hydrazine groups is 1. The third kappa shape index (κ3) is 10.00. The Balaban J connectivity index is 1.31. The van der Waals surface area contributed by atoms with E-state index in [4.69, 9.17) is 14.5 Å². The van der Waals surface area contributed by atoms with Gasteiger partial charge in [-0.3, -0.25) is 34.0 Å². The standard InChI is InChI=1S/C51H62N8O8/c1-9-42(60)57-23-19-51(65,29-57)49(64)56(7)44(31(2)3)46(61)54-40-26-33-13-10-14-34(25-33)35-17-18-41-37(27-35)38(45(58(41)24-20-52)36-15-11-21-53-43(36)32(4)66-8)28-50(5,6)30-67-48(63)39-16-12-22-59(55-39)47(40)62/h9-11,13-15,17-18,21,25,27,31-32,39-40,44,55,65H,1,12,16,19,22-24,26,28-30H2,2-8H3,(H,54,61)/t32-,39-,40-,44-,51-/m0/s1. The van der Waals surface area contributed by atoms with E-state index >= 15 is 0 Å². The summed E-state index contributed by atoms with van der Waals surface area (Å²) < 4.78 is 13.9. The number of rotatable bonds is 10. The third-order valence-electron chi connectivity index (χ3n) is 13.3. The number of hydrogen-bond donors (Lipinski definition) is 3. The van der Waals surface area contributed by atoms with Crippen molar-refractivity contribution in [3.05, 3.63) is 90.3 Å². The average molecular weight is 915 g/mol. The molecule has 4 amide bonds. The van der Waals surface area contributed by atoms with E-state index in [2.05, 4.69) is 29.5 Å². The number of cyclic esters (lactones) is 1. The number of esters is 1. The fourth-order valence-corrected chi connectivity index (χ4v) is 9.82. The number of nitriles is 1. The third-order valence-corrected chi connectivity index (χ3v) is 13.3. The maximum Gasteiger partial charge on any atom is 0.324 e. The molecule has 5 heterocycles. The van der Waals surface area contributed by atoms with Crippen LogP contribution in [0.5, 0.6) is 0 Å². The summed E-state index contributed by atoms with van der Waals surface area (Å²) in [5, 5.41) is 27.0. The highest BCUT2D eigenvalue weighted by atomic mass is 16.5. The van der Waals surface area contributed by atoms with E-state index in [1.165, 1.54) is 21.9 Å². The highest BCUT2D eigenvalue weighted by Gasteiger charge is 2.48. The van der Waals surface area contributed by atoms with E-state index in [1.54, 1.807) is 27.2 Å². The summed E-state index contributed by atoms with van der Waals surface area (Å²) >= 11 is 0. The molecule has 2 aromatic carbocycles. The summed E-state index contributed by atoms with van der Waals surface area (Å²) in [6.45, 7) is 13.3. The van der Waals surface area contributed by atoms with Crippen molar-refractivity contribution in [3.63, 3.8) is 0 Å². The molecule has 2 aromatic heterocycles. The molecule has 0 saturated carbocycles. The Hall–Kier alpha value is -6.41. The normalized spacial score (nSPS) is 21.8. The lowest BCUT2D eigenvalue weighted by Gasteiger charge is -2.37. The molecular formula is C51H62N8O8. The van der Waals surface area contributed by atoms with Crippen LogP contribution in [0, 0.1) is 22.7 Å². The van der Waals surface area contributed by atoms with Gasteiger partial charge in [0.05, 0.1) is 36.7 Å². The molecule has 0 unspecified atom stereocenters. The number of benzene rings is 2. The van der Waals surface area contributed by atoms with Crippen LogP contribution in [0.1, 0.15) is 76.8 Å². The summed E-state index contributed by atoms with van der Waals surface area (Å²) in [4.78, 5) is 76.7. The van der Waals surface area contributed by atoms with Gasteiger partial charge in [0.15, 0.2) is 5.60 Å². The van der Waals surface area contributed by atoms with Crippen molar-refractivity contribution in [1.29, 1.82) is 5.26 Å². The maximum absolute atomic E-state index is 14.7. The van der Waals surface area contributed by atoms with Gasteiger partial charge in [0.2, 0.25) is 11.8 Å². The van der Waals surface area contributed by atoms with Crippen LogP contribution in [0.3, 0.4) is 0 Å². The Kier molecular flexibility index (Phi) is 14.4. The van der Waals surface area contributed by atoms with Gasteiger partial charge >= 0.3 is 5.97 Å². The molecule has 16 heteroatoms. The van der Waals surface area contributed by atoms with Crippen LogP contribution >= 0.6 is 0 Å². The predicted molar refractivity (Wildman–Crippen MR) is 251 cm³/mol. The minimum atomic E-state index is -1.92. The van der Waals surface area contributed by atoms with E-state index in [1.807, 2.05) is 73.9 Å². The molecule has 2 fully saturated rings. The van der Waals surface area contributed by atoms with E-state index in [0.717, 1.165) is 56.2 Å². The Labute approximate surface area is 391 Å². The van der Waals surface area contributed by atoms with Gasteiger partial charge in [-0.05, 0) is 84.7 Å². The molecule has 4 aromatic rings. The van der Waals surface area contributed by atoms with Crippen molar-refractivity contribution in [1.82, 2.24) is 35.1 Å². The van der Waals surface area contributed by atoms with Gasteiger partial charge in [0, 0.05) is 68.2 Å². The van der Waals surface area contributed by atoms with Gasteiger partial charge in [0.1, 0.15) is 24.7 Å². The zero-order chi connectivity index (χ0) is 48.4. The second kappa shape index (κ2) is 19.8. The Morgan fingerprint density at radius 2 is 1.88 bits per heavy atom. The van der Waals surface area contributed by atoms with Crippen LogP contribution in [0.4, 0.5) is 0 Å². The largest absolute Gasteiger partial charge is 0.464 e. The topological polar surface area (TPSA) is 199 Å². The SMILES string of the molecule is C=CC(=O)N1CC[C@@](O)(C(=O)N(C)[C@H](C(=O)N[C@H]2Cc3cccc(c3)-c3ccc4c(c3)c(c(-c3cccnc3[C@H](C)OC)n4CC#N)CC(C)(C)COC(=O)[C@@H]3CCCN(N3)C2=O)C(C)C)C1. The molecule has 7 rings (SSSR count). The smallest absolute Gasteiger partial charge is 0.324 e. The van der Waals surface area contributed by atoms with Crippen LogP contribution in [0.2, 0.25) is 0 Å². The molecule has 67 heavy (non-hydrogen) atoms. The number of aromatic nitrogens is 2. The number of amides is 4. The number of nitrogens with zero attached hydrogens (tertiary/aromatic N) is 6. The van der Waals surface area contributed by atoms with Gasteiger partial charge < -0.3 is 34.3 Å². The number of carbonyl (C=O) groups excluding carboxylic acids is 5. The molecule has 0 spiro atoms. The minimum absolute atomic E-state index is 0.0123. The summed E-state index contributed by atoms with van der Waals surface area (Å²) in [6, 6.07) is 17.0. The number of likely N-dealkylation sites (N-methyl/N-ethyl adjacent to an activating group) is 1. The van der Waals surface area contributed by atoms with Crippen LogP contribution in [0.25, 0.3) is 33.3 Å². The Morgan fingerprint density at radius 1 is 1.12 bits per heavy atom. The first-order valence-corrected chi connectivity index (χ1v) is 22.9. The van der Waals surface area contributed by atoms with Crippen molar-refractivity contribution in [3.8, 4) is 28.5 Å². The number of likely N-dealkylation sites (tertiary alicyclic amines) is 1. The first kappa shape index (κ1) is 48.5. The molecule has 354 valence electrons. The van der Waals surface area contributed by atoms with Crippen LogP contribution in [-0.2, 0) is 52.8 Å². The number of fused-ring (bicyclic) bond motifs is 6. The molecule has 3 N–H and O–H groups in total. The summed E-state index contributed by atoms with van der Waals surface area (Å²) in [6.07, 6.45) is 3.93. The molecule has 5 atom stereocenters. The lowest BCUT2D eigenvalue weighted by molar-refractivity contribution is -0.156. The Morgan fingerprint density at radius 3 is 2.60 bits per heavy atom. The number of hydrogen-bond acceptors (Lipinski definition) is 11. The first-order chi connectivity index (χ1) is 31.9. The van der Waals surface area contributed by atoms with E-state index in [-0.39, 0.29) is 51.7 Å². The van der Waals surface area contributed by atoms with Crippen LogP contribution in [0.15, 0.2) is 73.4 Å². The summed E-state index contributed by atoms with van der Waals surface area (Å²) in [7, 11) is 3.08. The summed E-state index contributed by atoms with van der Waals surface area (Å²) in [5.74, 6) is -3.17. The highest BCUT2D eigenvalue weighted by Crippen LogP contribution is 2.42. The van der Waals surface area contributed by atoms with Crippen molar-refractivity contribution in [2.24, 2.45) is 11.3 Å². The first-order valence-electron chi connectivity index (χ1n) is 22.9. The highest BCUT2D eigenvalue weighted by molar-refractivity contribution is 5.97. The fourth-order valence-electron chi connectivity index (χ4n) is 9.82. The molecule has 0 radical (unpaired) electrons. The van der Waals surface area contributed by atoms with E-state index in [9.17, 15) is 34.3 Å². The number of carbonyl (C=O) groups is 5. The fraction of sp³-hybridized carbons (Fsp3) is 0.471. The van der Waals surface area contributed by atoms with Crippen molar-refractivity contribution in [2.45, 2.75) is 103 Å². The number of aliphatic hydroxyl groups is 1. The number of nitrogens with one attached hydrogen (secondary N) is 2. The van der Waals surface area contributed by atoms with E-state index in [0.29, 0.717) is 19.3 Å². The molecule has 2 saturated heterocycles. The van der Waals surface area contributed by atoms with Crippen LogP contribution in [-0.4, -0.2) is 123 Å². The monoisotopic (exact) mass is 914 g/mol. The molecule has 0 aliphatic carbocycles. The maximum atomic E-state index is 14.7. The van der Waals surface area contributed by atoms with Crippen molar-refractivity contribution < 1.29 is 38.6 Å². The summed E-state index contributed by atoms with van der Waals surface area (Å²) in [5.41, 5.74) is 7.25. The van der Waals surface area contributed by atoms with Gasteiger partial charge in [-0.25, -0.2) is 5.43 Å². The van der Waals surface area contributed by atoms with Crippen molar-refractivity contribution >= 4 is 40.5 Å². The predicted octanol–water partition coefficient (Wildman–Crippen LogP) is 4.88. The van der Waals surface area contributed by atoms with E-state index < -0.39 is 64.7 Å². The quantitative estimate of drug-likeness (QED) is 0.145. The lowest BCUT2D eigenvalue weighted by atomic mass is 9.84. The molecule has 16 nitrogen and oxygen atoms in total. The minimum Gasteiger partial charge on any atom is -0.464 e. The molecule has 3 aliphatic heterocycles. The number of methoxy groups -OCH3 is 1. The average Bonchev–Trinajstić information content (AvgIpc) is 3.86. The van der Waals surface area contributed by atoms with Gasteiger partial charge in [-0.1, -0.05) is 64.6 Å². The second-order valence-corrected chi connectivity index (χ2v) is 19.2. The van der Waals surface area contributed by atoms with Crippen LogP contribution < -0.4 is 10.7 Å². The molecular weight excluding hydrogens is 853 g/mol. The van der Waals surface area contributed by atoms with Gasteiger partial charge in [-0.15, -0.1) is 0 Å². The molecule has 3 aliphatic rings.